The highest BCUT2D eigenvalue weighted by atomic mass is 19.2. The number of fused-ring (bicyclic) bond motifs is 1. The minimum Gasteiger partial charge on any atom is -0.506 e. The Morgan fingerprint density at radius 2 is 1.56 bits per heavy atom. The Hall–Kier alpha value is -5.77. The number of hydrogen-bond acceptors (Lipinski definition) is 8. The summed E-state index contributed by atoms with van der Waals surface area (Å²) in [4.78, 5) is 41.3. The van der Waals surface area contributed by atoms with Crippen LogP contribution < -0.4 is 21.5 Å². The summed E-state index contributed by atoms with van der Waals surface area (Å²) in [6.07, 6.45) is -1.54. The second-order valence-electron chi connectivity index (χ2n) is 12.8. The van der Waals surface area contributed by atoms with Gasteiger partial charge in [0.05, 0.1) is 17.3 Å². The third kappa shape index (κ3) is 8.71. The Balaban J connectivity index is 0.969. The van der Waals surface area contributed by atoms with Gasteiger partial charge in [-0.1, -0.05) is 54.6 Å². The summed E-state index contributed by atoms with van der Waals surface area (Å²) in [5.74, 6) is -8.09. The van der Waals surface area contributed by atoms with Crippen molar-refractivity contribution in [2.24, 2.45) is 0 Å². The number of aliphatic hydroxyl groups excluding tert-OH is 1. The molecule has 4 aromatic carbocycles. The fourth-order valence-electron chi connectivity index (χ4n) is 6.40. The number of anilines is 2. The monoisotopic (exact) mass is 747 g/mol. The van der Waals surface area contributed by atoms with Crippen molar-refractivity contribution in [2.45, 2.75) is 38.0 Å². The maximum Gasteiger partial charge on any atom is 0.411 e. The molecule has 0 aliphatic carbocycles. The molecule has 282 valence electrons. The number of hydrogen-bond donors (Lipinski definition) is 6. The molecule has 0 spiro atoms. The topological polar surface area (TPSA) is 156 Å². The predicted molar refractivity (Wildman–Crippen MR) is 194 cm³/mol. The number of pyridine rings is 1. The van der Waals surface area contributed by atoms with E-state index in [-0.39, 0.29) is 42.4 Å². The van der Waals surface area contributed by atoms with Crippen molar-refractivity contribution in [1.29, 1.82) is 0 Å². The molecule has 11 nitrogen and oxygen atoms in total. The SMILES string of the molecule is O=C(CCN1CCC(OC(=O)Nc2ccccc2-c2ccccc2)CC1)Nc1c(F)c(F)c(CNC[C@H](O)c2ccc(O)c3[nH]c(=O)ccc23)c(F)c1F. The number of likely N-dealkylation sites (tertiary alicyclic amines) is 1. The highest BCUT2D eigenvalue weighted by molar-refractivity contribution is 5.92. The van der Waals surface area contributed by atoms with Gasteiger partial charge >= 0.3 is 6.09 Å². The molecular formula is C39H37F4N5O6. The highest BCUT2D eigenvalue weighted by Crippen LogP contribution is 2.31. The van der Waals surface area contributed by atoms with Crippen LogP contribution in [0.1, 0.15) is 36.5 Å². The number of phenols is 1. The molecule has 15 heteroatoms. The van der Waals surface area contributed by atoms with E-state index in [2.05, 4.69) is 15.6 Å². The molecule has 1 atom stereocenters. The van der Waals surface area contributed by atoms with Crippen molar-refractivity contribution in [3.63, 3.8) is 0 Å². The normalized spacial score (nSPS) is 14.2. The molecule has 0 bridgehead atoms. The number of rotatable bonds is 12. The first-order valence-electron chi connectivity index (χ1n) is 17.2. The van der Waals surface area contributed by atoms with Crippen LogP contribution in [0.5, 0.6) is 5.75 Å². The lowest BCUT2D eigenvalue weighted by molar-refractivity contribution is -0.116. The molecule has 54 heavy (non-hydrogen) atoms. The molecular weight excluding hydrogens is 710 g/mol. The van der Waals surface area contributed by atoms with Crippen molar-refractivity contribution < 1.29 is 42.1 Å². The number of aromatic hydroxyl groups is 1. The van der Waals surface area contributed by atoms with Crippen molar-refractivity contribution in [1.82, 2.24) is 15.2 Å². The number of nitrogens with zero attached hydrogens (tertiary/aromatic N) is 1. The Morgan fingerprint density at radius 3 is 2.28 bits per heavy atom. The Labute approximate surface area is 306 Å². The summed E-state index contributed by atoms with van der Waals surface area (Å²) >= 11 is 0. The number of phenolic OH excluding ortho intramolecular Hbond substituents is 1. The zero-order valence-corrected chi connectivity index (χ0v) is 28.8. The zero-order chi connectivity index (χ0) is 38.4. The van der Waals surface area contributed by atoms with Crippen LogP contribution in [-0.2, 0) is 16.1 Å². The van der Waals surface area contributed by atoms with Gasteiger partial charge < -0.3 is 35.5 Å². The number of carbonyl (C=O) groups excluding carboxylic acids is 2. The number of aromatic nitrogens is 1. The van der Waals surface area contributed by atoms with Crippen molar-refractivity contribution in [3.8, 4) is 16.9 Å². The van der Waals surface area contributed by atoms with E-state index in [4.69, 9.17) is 4.74 Å². The molecule has 0 saturated carbocycles. The number of nitrogens with one attached hydrogen (secondary N) is 4. The van der Waals surface area contributed by atoms with E-state index >= 15 is 0 Å². The lowest BCUT2D eigenvalue weighted by atomic mass is 10.0. The van der Waals surface area contributed by atoms with Gasteiger partial charge in [-0.2, -0.15) is 0 Å². The van der Waals surface area contributed by atoms with E-state index in [1.165, 1.54) is 24.3 Å². The van der Waals surface area contributed by atoms with Gasteiger partial charge in [0.15, 0.2) is 23.3 Å². The van der Waals surface area contributed by atoms with E-state index in [0.717, 1.165) is 11.1 Å². The summed E-state index contributed by atoms with van der Waals surface area (Å²) in [5, 5.41) is 28.3. The van der Waals surface area contributed by atoms with Gasteiger partial charge in [0.1, 0.15) is 17.5 Å². The first-order chi connectivity index (χ1) is 26.0. The number of aliphatic hydroxyl groups is 1. The number of benzene rings is 4. The fourth-order valence-corrected chi connectivity index (χ4v) is 6.40. The molecule has 0 radical (unpaired) electrons. The Kier molecular flexibility index (Phi) is 11.9. The van der Waals surface area contributed by atoms with Gasteiger partial charge in [0.2, 0.25) is 11.5 Å². The predicted octanol–water partition coefficient (Wildman–Crippen LogP) is 6.32. The van der Waals surface area contributed by atoms with Gasteiger partial charge in [-0.25, -0.2) is 22.4 Å². The average Bonchev–Trinajstić information content (AvgIpc) is 3.17. The number of aromatic amines is 1. The molecule has 2 amide bonds. The standard InChI is InChI=1S/C39H37F4N5O6/c40-33-27(20-44-21-30(50)25-10-12-29(49)37-26(25)11-13-31(51)46-37)34(41)36(43)38(35(33)42)47-32(52)16-19-48-17-14-23(15-18-48)54-39(53)45-28-9-5-4-8-24(28)22-6-2-1-3-7-22/h1-13,23,30,44,49-50H,14-21H2,(H,45,53)(H,46,51)(H,47,52)/t30-/m0/s1. The number of amides is 2. The molecule has 2 heterocycles. The first-order valence-corrected chi connectivity index (χ1v) is 17.2. The summed E-state index contributed by atoms with van der Waals surface area (Å²) in [6, 6.07) is 22.2. The smallest absolute Gasteiger partial charge is 0.411 e. The lowest BCUT2D eigenvalue weighted by Crippen LogP contribution is -2.39. The third-order valence-electron chi connectivity index (χ3n) is 9.24. The van der Waals surface area contributed by atoms with Crippen LogP contribution in [0.4, 0.5) is 33.7 Å². The zero-order valence-electron chi connectivity index (χ0n) is 28.8. The first kappa shape index (κ1) is 38.0. The van der Waals surface area contributed by atoms with E-state index in [1.54, 1.807) is 6.07 Å². The minimum absolute atomic E-state index is 0.0795. The maximum absolute atomic E-state index is 15.0. The number of carbonyl (C=O) groups is 2. The molecule has 5 aromatic rings. The van der Waals surface area contributed by atoms with Gasteiger partial charge in [0.25, 0.3) is 0 Å². The van der Waals surface area contributed by atoms with Crippen molar-refractivity contribution in [2.75, 3.05) is 36.8 Å². The molecule has 6 rings (SSSR count). The van der Waals surface area contributed by atoms with Crippen molar-refractivity contribution in [3.05, 3.63) is 124 Å². The van der Waals surface area contributed by atoms with Gasteiger partial charge in [-0.3, -0.25) is 14.9 Å². The molecule has 1 fully saturated rings. The van der Waals surface area contributed by atoms with Crippen LogP contribution >= 0.6 is 0 Å². The summed E-state index contributed by atoms with van der Waals surface area (Å²) in [7, 11) is 0. The number of piperidine rings is 1. The second-order valence-corrected chi connectivity index (χ2v) is 12.8. The average molecular weight is 748 g/mol. The lowest BCUT2D eigenvalue weighted by Gasteiger charge is -2.31. The molecule has 1 aliphatic rings. The minimum atomic E-state index is -1.78. The van der Waals surface area contributed by atoms with Crippen LogP contribution in [0.15, 0.2) is 83.7 Å². The number of para-hydroxylation sites is 1. The largest absolute Gasteiger partial charge is 0.506 e. The molecule has 1 saturated heterocycles. The Bertz CT molecular complexity index is 2180. The number of H-pyrrole nitrogens is 1. The molecule has 0 unspecified atom stereocenters. The molecule has 6 N–H and O–H groups in total. The van der Waals surface area contributed by atoms with E-state index < -0.39 is 64.7 Å². The Morgan fingerprint density at radius 1 is 0.870 bits per heavy atom. The van der Waals surface area contributed by atoms with E-state index in [0.29, 0.717) is 37.0 Å². The van der Waals surface area contributed by atoms with Crippen LogP contribution in [0, 0.1) is 23.3 Å². The number of halogens is 4. The van der Waals surface area contributed by atoms with Gasteiger partial charge in [-0.15, -0.1) is 0 Å². The van der Waals surface area contributed by atoms with E-state index in [9.17, 15) is 42.2 Å². The summed E-state index contributed by atoms with van der Waals surface area (Å²) in [5.41, 5.74) is 0.0202. The molecule has 1 aliphatic heterocycles. The quantitative estimate of drug-likeness (QED) is 0.0640. The van der Waals surface area contributed by atoms with Crippen LogP contribution in [0.25, 0.3) is 22.0 Å². The summed E-state index contributed by atoms with van der Waals surface area (Å²) < 4.78 is 65.5. The van der Waals surface area contributed by atoms with Gasteiger partial charge in [-0.05, 0) is 42.2 Å². The van der Waals surface area contributed by atoms with Gasteiger partial charge in [0, 0.05) is 61.7 Å². The van der Waals surface area contributed by atoms with Crippen LogP contribution in [0.3, 0.4) is 0 Å². The number of ether oxygens (including phenoxy) is 1. The highest BCUT2D eigenvalue weighted by Gasteiger charge is 2.28. The maximum atomic E-state index is 15.0. The summed E-state index contributed by atoms with van der Waals surface area (Å²) in [6.45, 7) is 0.0823. The van der Waals surface area contributed by atoms with Crippen LogP contribution in [-0.4, -0.2) is 64.4 Å². The fraction of sp³-hybridized carbons (Fsp3) is 0.256. The second kappa shape index (κ2) is 16.9. The third-order valence-corrected chi connectivity index (χ3v) is 9.24. The molecule has 1 aromatic heterocycles. The van der Waals surface area contributed by atoms with Crippen molar-refractivity contribution >= 4 is 34.3 Å². The van der Waals surface area contributed by atoms with Crippen LogP contribution in [0.2, 0.25) is 0 Å². The van der Waals surface area contributed by atoms with E-state index in [1.807, 2.05) is 58.7 Å².